The van der Waals surface area contributed by atoms with Gasteiger partial charge in [0.2, 0.25) is 5.91 Å². The van der Waals surface area contributed by atoms with Gasteiger partial charge in [-0.1, -0.05) is 54.6 Å². The monoisotopic (exact) mass is 342 g/mol. The lowest BCUT2D eigenvalue weighted by atomic mass is 9.91. The smallest absolute Gasteiger partial charge is 0.232 e. The van der Waals surface area contributed by atoms with Gasteiger partial charge in [0.15, 0.2) is 0 Å². The molecule has 0 saturated carbocycles. The van der Waals surface area contributed by atoms with Crippen LogP contribution in [0.2, 0.25) is 0 Å². The highest BCUT2D eigenvalue weighted by Crippen LogP contribution is 2.40. The molecule has 1 amide bonds. The van der Waals surface area contributed by atoms with Gasteiger partial charge in [0.25, 0.3) is 0 Å². The Balaban J connectivity index is 1.77. The average Bonchev–Trinajstić information content (AvgIpc) is 2.79. The van der Waals surface area contributed by atoms with Gasteiger partial charge >= 0.3 is 0 Å². The molecule has 0 saturated heterocycles. The average molecular weight is 342 g/mol. The number of hydrogen-bond acceptors (Lipinski definition) is 2. The summed E-state index contributed by atoms with van der Waals surface area (Å²) in [4.78, 5) is 15.4. The minimum Gasteiger partial charge on any atom is -0.344 e. The normalized spacial score (nSPS) is 15.6. The van der Waals surface area contributed by atoms with E-state index in [1.54, 1.807) is 0 Å². The van der Waals surface area contributed by atoms with Crippen molar-refractivity contribution in [3.63, 3.8) is 0 Å². The molecule has 3 aromatic carbocycles. The molecule has 1 heterocycles. The Bertz CT molecular complexity index is 964. The number of nitrogens with one attached hydrogen (secondary N) is 1. The van der Waals surface area contributed by atoms with Crippen LogP contribution in [0.1, 0.15) is 22.6 Å². The van der Waals surface area contributed by atoms with Gasteiger partial charge in [-0.05, 0) is 48.2 Å². The van der Waals surface area contributed by atoms with Crippen molar-refractivity contribution in [2.24, 2.45) is 0 Å². The Morgan fingerprint density at radius 3 is 2.38 bits per heavy atom. The van der Waals surface area contributed by atoms with E-state index in [-0.39, 0.29) is 11.8 Å². The number of benzene rings is 3. The lowest BCUT2D eigenvalue weighted by Gasteiger charge is -2.22. The van der Waals surface area contributed by atoms with Crippen molar-refractivity contribution in [2.45, 2.75) is 19.3 Å². The van der Waals surface area contributed by atoms with Crippen LogP contribution in [0.3, 0.4) is 0 Å². The van der Waals surface area contributed by atoms with Gasteiger partial charge in [-0.2, -0.15) is 0 Å². The number of carbonyl (C=O) groups is 1. The molecular formula is C23H22N2O. The second kappa shape index (κ2) is 6.68. The fourth-order valence-electron chi connectivity index (χ4n) is 3.72. The maximum Gasteiger partial charge on any atom is 0.232 e. The second-order valence-electron chi connectivity index (χ2n) is 6.81. The van der Waals surface area contributed by atoms with Gasteiger partial charge in [0, 0.05) is 24.1 Å². The summed E-state index contributed by atoms with van der Waals surface area (Å²) in [7, 11) is 2.07. The minimum atomic E-state index is -0.225. The maximum atomic E-state index is 13.2. The van der Waals surface area contributed by atoms with Crippen LogP contribution in [-0.2, 0) is 11.2 Å². The maximum absolute atomic E-state index is 13.2. The number of amides is 1. The molecule has 0 aliphatic carbocycles. The largest absolute Gasteiger partial charge is 0.344 e. The second-order valence-corrected chi connectivity index (χ2v) is 6.81. The van der Waals surface area contributed by atoms with Crippen molar-refractivity contribution < 1.29 is 4.79 Å². The molecule has 0 unspecified atom stereocenters. The van der Waals surface area contributed by atoms with Crippen LogP contribution in [0.15, 0.2) is 72.8 Å². The molecule has 1 aliphatic heterocycles. The summed E-state index contributed by atoms with van der Waals surface area (Å²) in [5.74, 6) is -0.186. The first kappa shape index (κ1) is 16.4. The van der Waals surface area contributed by atoms with E-state index in [2.05, 4.69) is 41.5 Å². The lowest BCUT2D eigenvalue weighted by Crippen LogP contribution is -2.23. The summed E-state index contributed by atoms with van der Waals surface area (Å²) < 4.78 is 0. The Morgan fingerprint density at radius 1 is 0.923 bits per heavy atom. The Labute approximate surface area is 154 Å². The summed E-state index contributed by atoms with van der Waals surface area (Å²) in [5.41, 5.74) is 6.45. The first-order valence-corrected chi connectivity index (χ1v) is 8.92. The van der Waals surface area contributed by atoms with Gasteiger partial charge in [-0.15, -0.1) is 0 Å². The molecule has 1 atom stereocenters. The predicted molar refractivity (Wildman–Crippen MR) is 107 cm³/mol. The molecule has 3 heteroatoms. The Kier molecular flexibility index (Phi) is 4.21. The summed E-state index contributed by atoms with van der Waals surface area (Å²) in [5, 5.41) is 3.14. The molecule has 0 bridgehead atoms. The number of nitrogens with zero attached hydrogens (tertiary/aromatic N) is 1. The SMILES string of the molecule is Cc1ccccc1NC(=O)[C@H]1Cc2ccccc2N(C)c2ccccc21. The molecule has 0 aromatic heterocycles. The number of rotatable bonds is 2. The zero-order chi connectivity index (χ0) is 18.1. The highest BCUT2D eigenvalue weighted by Gasteiger charge is 2.29. The first-order valence-electron chi connectivity index (χ1n) is 8.92. The first-order chi connectivity index (χ1) is 12.6. The number of anilines is 3. The predicted octanol–water partition coefficient (Wildman–Crippen LogP) is 5.04. The summed E-state index contributed by atoms with van der Waals surface area (Å²) >= 11 is 0. The third-order valence-corrected chi connectivity index (χ3v) is 5.17. The molecule has 0 fully saturated rings. The third kappa shape index (κ3) is 2.86. The molecule has 4 rings (SSSR count). The fourth-order valence-corrected chi connectivity index (χ4v) is 3.72. The molecule has 26 heavy (non-hydrogen) atoms. The lowest BCUT2D eigenvalue weighted by molar-refractivity contribution is -0.117. The van der Waals surface area contributed by atoms with E-state index in [1.807, 2.05) is 55.5 Å². The van der Waals surface area contributed by atoms with Crippen molar-refractivity contribution in [2.75, 3.05) is 17.3 Å². The third-order valence-electron chi connectivity index (χ3n) is 5.17. The topological polar surface area (TPSA) is 32.3 Å². The molecule has 0 spiro atoms. The van der Waals surface area contributed by atoms with E-state index in [4.69, 9.17) is 0 Å². The van der Waals surface area contributed by atoms with Gasteiger partial charge in [0.05, 0.1) is 5.92 Å². The molecule has 3 nitrogen and oxygen atoms in total. The summed E-state index contributed by atoms with van der Waals surface area (Å²) in [6.45, 7) is 2.01. The number of hydrogen-bond donors (Lipinski definition) is 1. The van der Waals surface area contributed by atoms with Crippen molar-refractivity contribution in [1.29, 1.82) is 0 Å². The quantitative estimate of drug-likeness (QED) is 0.707. The van der Waals surface area contributed by atoms with Crippen molar-refractivity contribution in [3.8, 4) is 0 Å². The molecule has 130 valence electrons. The van der Waals surface area contributed by atoms with Crippen LogP contribution in [0, 0.1) is 6.92 Å². The zero-order valence-corrected chi connectivity index (χ0v) is 15.1. The van der Waals surface area contributed by atoms with Crippen LogP contribution in [-0.4, -0.2) is 13.0 Å². The van der Waals surface area contributed by atoms with Crippen LogP contribution >= 0.6 is 0 Å². The van der Waals surface area contributed by atoms with E-state index in [0.717, 1.165) is 28.2 Å². The van der Waals surface area contributed by atoms with Crippen LogP contribution in [0.4, 0.5) is 17.1 Å². The van der Waals surface area contributed by atoms with Gasteiger partial charge < -0.3 is 10.2 Å². The van der Waals surface area contributed by atoms with Crippen LogP contribution < -0.4 is 10.2 Å². The zero-order valence-electron chi connectivity index (χ0n) is 15.1. The standard InChI is InChI=1S/C23H22N2O/c1-16-9-3-6-12-20(16)24-23(26)19-15-17-10-4-7-13-21(17)25(2)22-14-8-5-11-18(19)22/h3-14,19H,15H2,1-2H3,(H,24,26)/t19-/m0/s1. The van der Waals surface area contributed by atoms with E-state index in [1.165, 1.54) is 5.56 Å². The number of fused-ring (bicyclic) bond motifs is 2. The van der Waals surface area contributed by atoms with Crippen molar-refractivity contribution in [3.05, 3.63) is 89.5 Å². The van der Waals surface area contributed by atoms with E-state index >= 15 is 0 Å². The van der Waals surface area contributed by atoms with E-state index < -0.39 is 0 Å². The number of aryl methyl sites for hydroxylation is 1. The van der Waals surface area contributed by atoms with Gasteiger partial charge in [0.1, 0.15) is 0 Å². The molecule has 3 aromatic rings. The van der Waals surface area contributed by atoms with Gasteiger partial charge in [-0.25, -0.2) is 0 Å². The van der Waals surface area contributed by atoms with E-state index in [9.17, 15) is 4.79 Å². The van der Waals surface area contributed by atoms with Crippen molar-refractivity contribution >= 4 is 23.0 Å². The summed E-state index contributed by atoms with van der Waals surface area (Å²) in [6.07, 6.45) is 0.690. The number of para-hydroxylation sites is 3. The Hall–Kier alpha value is -3.07. The molecular weight excluding hydrogens is 320 g/mol. The molecule has 1 N–H and O–H groups in total. The number of carbonyl (C=O) groups excluding carboxylic acids is 1. The van der Waals surface area contributed by atoms with E-state index in [0.29, 0.717) is 6.42 Å². The van der Waals surface area contributed by atoms with Crippen molar-refractivity contribution in [1.82, 2.24) is 0 Å². The highest BCUT2D eigenvalue weighted by molar-refractivity contribution is 5.98. The van der Waals surface area contributed by atoms with Crippen LogP contribution in [0.5, 0.6) is 0 Å². The van der Waals surface area contributed by atoms with Crippen LogP contribution in [0.25, 0.3) is 0 Å². The van der Waals surface area contributed by atoms with Gasteiger partial charge in [-0.3, -0.25) is 4.79 Å². The summed E-state index contributed by atoms with van der Waals surface area (Å²) in [6, 6.07) is 24.4. The molecule has 0 radical (unpaired) electrons. The Morgan fingerprint density at radius 2 is 1.58 bits per heavy atom. The molecule has 1 aliphatic rings. The minimum absolute atomic E-state index is 0.0388. The highest BCUT2D eigenvalue weighted by atomic mass is 16.1. The fraction of sp³-hybridized carbons (Fsp3) is 0.174.